The zero-order chi connectivity index (χ0) is 12.4. The van der Waals surface area contributed by atoms with E-state index in [1.54, 1.807) is 0 Å². The van der Waals surface area contributed by atoms with Gasteiger partial charge in [0.2, 0.25) is 0 Å². The van der Waals surface area contributed by atoms with E-state index in [0.717, 1.165) is 30.5 Å². The van der Waals surface area contributed by atoms with E-state index in [1.165, 1.54) is 19.0 Å². The van der Waals surface area contributed by atoms with E-state index in [9.17, 15) is 4.79 Å². The van der Waals surface area contributed by atoms with Crippen LogP contribution in [0.15, 0.2) is 11.0 Å². The maximum absolute atomic E-state index is 11.4. The highest BCUT2D eigenvalue weighted by atomic mass is 16.1. The molecule has 3 N–H and O–H groups in total. The van der Waals surface area contributed by atoms with Gasteiger partial charge in [-0.2, -0.15) is 0 Å². The van der Waals surface area contributed by atoms with Gasteiger partial charge in [-0.05, 0) is 37.5 Å². The molecule has 4 heteroatoms. The van der Waals surface area contributed by atoms with Crippen molar-refractivity contribution in [3.8, 4) is 0 Å². The van der Waals surface area contributed by atoms with Crippen LogP contribution >= 0.6 is 0 Å². The Bertz CT molecular complexity index is 431. The number of anilines is 1. The van der Waals surface area contributed by atoms with Crippen molar-refractivity contribution in [1.29, 1.82) is 0 Å². The van der Waals surface area contributed by atoms with Crippen LogP contribution in [-0.2, 0) is 0 Å². The summed E-state index contributed by atoms with van der Waals surface area (Å²) in [6.07, 6.45) is 6.18. The lowest BCUT2D eigenvalue weighted by Crippen LogP contribution is -2.22. The molecule has 0 unspecified atom stereocenters. The topological polar surface area (TPSA) is 71.8 Å². The van der Waals surface area contributed by atoms with Gasteiger partial charge in [0.15, 0.2) is 0 Å². The maximum Gasteiger partial charge on any atom is 0.274 e. The Morgan fingerprint density at radius 2 is 2.00 bits per heavy atom. The SMILES string of the molecule is CC(C)C1CCC(c2ncc(N)c(=O)[nH]2)CC1. The van der Waals surface area contributed by atoms with Crippen LogP contribution in [0, 0.1) is 11.8 Å². The summed E-state index contributed by atoms with van der Waals surface area (Å²) in [5.74, 6) is 2.80. The number of H-pyrrole nitrogens is 1. The number of aromatic nitrogens is 2. The number of hydrogen-bond acceptors (Lipinski definition) is 3. The van der Waals surface area contributed by atoms with Gasteiger partial charge in [-0.15, -0.1) is 0 Å². The number of nitrogens with zero attached hydrogens (tertiary/aromatic N) is 1. The standard InChI is InChI=1S/C13H21N3O/c1-8(2)9-3-5-10(6-4-9)12-15-7-11(14)13(17)16-12/h7-10H,3-6,14H2,1-2H3,(H,15,16,17). The summed E-state index contributed by atoms with van der Waals surface area (Å²) >= 11 is 0. The second kappa shape index (κ2) is 4.90. The minimum Gasteiger partial charge on any atom is -0.393 e. The molecular formula is C13H21N3O. The Labute approximate surface area is 102 Å². The molecule has 4 nitrogen and oxygen atoms in total. The summed E-state index contributed by atoms with van der Waals surface area (Å²) in [4.78, 5) is 18.5. The molecule has 17 heavy (non-hydrogen) atoms. The average Bonchev–Trinajstić information content (AvgIpc) is 2.33. The third-order valence-corrected chi connectivity index (χ3v) is 3.95. The van der Waals surface area contributed by atoms with Gasteiger partial charge in [0.1, 0.15) is 11.5 Å². The van der Waals surface area contributed by atoms with Gasteiger partial charge in [-0.1, -0.05) is 13.8 Å². The predicted octanol–water partition coefficient (Wildman–Crippen LogP) is 2.28. The van der Waals surface area contributed by atoms with E-state index in [2.05, 4.69) is 23.8 Å². The zero-order valence-corrected chi connectivity index (χ0v) is 10.6. The molecule has 0 aliphatic heterocycles. The van der Waals surface area contributed by atoms with Crippen molar-refractivity contribution >= 4 is 5.69 Å². The highest BCUT2D eigenvalue weighted by molar-refractivity contribution is 5.30. The smallest absolute Gasteiger partial charge is 0.274 e. The van der Waals surface area contributed by atoms with Gasteiger partial charge in [-0.3, -0.25) is 4.79 Å². The van der Waals surface area contributed by atoms with E-state index >= 15 is 0 Å². The number of nitrogens with one attached hydrogen (secondary N) is 1. The Morgan fingerprint density at radius 3 is 2.53 bits per heavy atom. The van der Waals surface area contributed by atoms with Crippen LogP contribution in [0.2, 0.25) is 0 Å². The summed E-state index contributed by atoms with van der Waals surface area (Å²) in [5.41, 5.74) is 5.47. The molecule has 1 aliphatic rings. The number of hydrogen-bond donors (Lipinski definition) is 2. The first-order valence-corrected chi connectivity index (χ1v) is 6.42. The third-order valence-electron chi connectivity index (χ3n) is 3.95. The molecular weight excluding hydrogens is 214 g/mol. The average molecular weight is 235 g/mol. The van der Waals surface area contributed by atoms with Gasteiger partial charge in [-0.25, -0.2) is 4.98 Å². The molecule has 94 valence electrons. The summed E-state index contributed by atoms with van der Waals surface area (Å²) in [6, 6.07) is 0. The van der Waals surface area contributed by atoms with E-state index < -0.39 is 0 Å². The van der Waals surface area contributed by atoms with E-state index in [0.29, 0.717) is 5.92 Å². The van der Waals surface area contributed by atoms with Crippen molar-refractivity contribution in [2.45, 2.75) is 45.4 Å². The van der Waals surface area contributed by atoms with Gasteiger partial charge in [0, 0.05) is 5.92 Å². The molecule has 1 heterocycles. The highest BCUT2D eigenvalue weighted by Crippen LogP contribution is 2.37. The second-order valence-electron chi connectivity index (χ2n) is 5.41. The van der Waals surface area contributed by atoms with Gasteiger partial charge < -0.3 is 10.7 Å². The van der Waals surface area contributed by atoms with Crippen molar-refractivity contribution in [3.05, 3.63) is 22.4 Å². The van der Waals surface area contributed by atoms with Crippen LogP contribution in [0.4, 0.5) is 5.69 Å². The Balaban J connectivity index is 2.05. The summed E-state index contributed by atoms with van der Waals surface area (Å²) < 4.78 is 0. The first-order valence-electron chi connectivity index (χ1n) is 6.42. The Morgan fingerprint density at radius 1 is 1.35 bits per heavy atom. The zero-order valence-electron chi connectivity index (χ0n) is 10.6. The lowest BCUT2D eigenvalue weighted by Gasteiger charge is -2.30. The Kier molecular flexibility index (Phi) is 3.50. The molecule has 0 amide bonds. The van der Waals surface area contributed by atoms with Crippen LogP contribution in [0.3, 0.4) is 0 Å². The van der Waals surface area contributed by atoms with Gasteiger partial charge in [0.05, 0.1) is 6.20 Å². The molecule has 1 fully saturated rings. The molecule has 0 aromatic carbocycles. The van der Waals surface area contributed by atoms with Crippen molar-refractivity contribution in [1.82, 2.24) is 9.97 Å². The predicted molar refractivity (Wildman–Crippen MR) is 68.8 cm³/mol. The van der Waals surface area contributed by atoms with Crippen LogP contribution < -0.4 is 11.3 Å². The molecule has 0 atom stereocenters. The van der Waals surface area contributed by atoms with E-state index in [-0.39, 0.29) is 11.2 Å². The van der Waals surface area contributed by atoms with Crippen LogP contribution in [0.1, 0.15) is 51.3 Å². The lowest BCUT2D eigenvalue weighted by molar-refractivity contribution is 0.254. The fourth-order valence-corrected chi connectivity index (χ4v) is 2.69. The highest BCUT2D eigenvalue weighted by Gasteiger charge is 2.25. The molecule has 1 aliphatic carbocycles. The molecule has 1 saturated carbocycles. The first-order chi connectivity index (χ1) is 8.08. The largest absolute Gasteiger partial charge is 0.393 e. The molecule has 1 aromatic heterocycles. The lowest BCUT2D eigenvalue weighted by atomic mass is 9.77. The number of rotatable bonds is 2. The normalized spacial score (nSPS) is 25.1. The number of nitrogens with two attached hydrogens (primary N) is 1. The quantitative estimate of drug-likeness (QED) is 0.826. The van der Waals surface area contributed by atoms with Crippen molar-refractivity contribution in [2.75, 3.05) is 5.73 Å². The van der Waals surface area contributed by atoms with Crippen LogP contribution in [0.25, 0.3) is 0 Å². The first kappa shape index (κ1) is 12.1. The second-order valence-corrected chi connectivity index (χ2v) is 5.41. The Hall–Kier alpha value is -1.32. The molecule has 2 rings (SSSR count). The minimum absolute atomic E-state index is 0.199. The summed E-state index contributed by atoms with van der Waals surface area (Å²) in [6.45, 7) is 4.57. The van der Waals surface area contributed by atoms with Crippen molar-refractivity contribution in [2.24, 2.45) is 11.8 Å². The summed E-state index contributed by atoms with van der Waals surface area (Å²) in [7, 11) is 0. The molecule has 0 spiro atoms. The third kappa shape index (κ3) is 2.68. The maximum atomic E-state index is 11.4. The van der Waals surface area contributed by atoms with Crippen molar-refractivity contribution < 1.29 is 0 Å². The number of nitrogen functional groups attached to an aromatic ring is 1. The van der Waals surface area contributed by atoms with E-state index in [4.69, 9.17) is 5.73 Å². The fourth-order valence-electron chi connectivity index (χ4n) is 2.69. The van der Waals surface area contributed by atoms with E-state index in [1.807, 2.05) is 0 Å². The monoisotopic (exact) mass is 235 g/mol. The van der Waals surface area contributed by atoms with Crippen molar-refractivity contribution in [3.63, 3.8) is 0 Å². The van der Waals surface area contributed by atoms with Crippen LogP contribution in [-0.4, -0.2) is 9.97 Å². The van der Waals surface area contributed by atoms with Crippen LogP contribution in [0.5, 0.6) is 0 Å². The number of aromatic amines is 1. The molecule has 0 bridgehead atoms. The summed E-state index contributed by atoms with van der Waals surface area (Å²) in [5, 5.41) is 0. The van der Waals surface area contributed by atoms with Gasteiger partial charge >= 0.3 is 0 Å². The molecule has 0 radical (unpaired) electrons. The molecule has 1 aromatic rings. The minimum atomic E-state index is -0.207. The molecule has 0 saturated heterocycles. The fraction of sp³-hybridized carbons (Fsp3) is 0.692. The van der Waals surface area contributed by atoms with Gasteiger partial charge in [0.25, 0.3) is 5.56 Å².